The molecule has 3 rings (SSSR count). The van der Waals surface area contributed by atoms with Crippen molar-refractivity contribution in [2.45, 2.75) is 6.54 Å². The van der Waals surface area contributed by atoms with Gasteiger partial charge in [0.15, 0.2) is 5.65 Å². The molecule has 0 fully saturated rings. The Morgan fingerprint density at radius 2 is 2.21 bits per heavy atom. The summed E-state index contributed by atoms with van der Waals surface area (Å²) in [6, 6.07) is 3.92. The van der Waals surface area contributed by atoms with E-state index in [9.17, 15) is 0 Å². The van der Waals surface area contributed by atoms with Crippen LogP contribution in [0.15, 0.2) is 30.7 Å². The average Bonchev–Trinajstić information content (AvgIpc) is 2.86. The number of hydrogen-bond donors (Lipinski definition) is 1. The van der Waals surface area contributed by atoms with Crippen LogP contribution in [0.25, 0.3) is 11.0 Å². The number of anilines is 1. The first-order chi connectivity index (χ1) is 9.24. The first-order valence-corrected chi connectivity index (χ1v) is 6.08. The van der Waals surface area contributed by atoms with Crippen molar-refractivity contribution in [3.05, 3.63) is 41.6 Å². The summed E-state index contributed by atoms with van der Waals surface area (Å²) in [6.07, 6.45) is 5.27. The van der Waals surface area contributed by atoms with Crippen molar-refractivity contribution in [1.29, 1.82) is 0 Å². The highest BCUT2D eigenvalue weighted by molar-refractivity contribution is 6.28. The highest BCUT2D eigenvalue weighted by atomic mass is 35.5. The smallest absolute Gasteiger partial charge is 0.226 e. The van der Waals surface area contributed by atoms with Gasteiger partial charge in [-0.15, -0.1) is 0 Å². The van der Waals surface area contributed by atoms with E-state index in [1.54, 1.807) is 12.4 Å². The Labute approximate surface area is 114 Å². The summed E-state index contributed by atoms with van der Waals surface area (Å²) in [5, 5.41) is 7.80. The second-order valence-corrected chi connectivity index (χ2v) is 4.50. The number of fused-ring (bicyclic) bond motifs is 1. The standard InChI is InChI=1S/C12H11ClN6/c1-19(7-8-3-2-4-14-5-8)11-9-6-15-18-10(9)16-12(13)17-11/h2-6H,7H2,1H3,(H,15,16,17,18). The van der Waals surface area contributed by atoms with Gasteiger partial charge in [-0.3, -0.25) is 10.1 Å². The van der Waals surface area contributed by atoms with Gasteiger partial charge in [0.25, 0.3) is 0 Å². The van der Waals surface area contributed by atoms with Crippen LogP contribution in [0.3, 0.4) is 0 Å². The van der Waals surface area contributed by atoms with Crippen LogP contribution in [-0.4, -0.2) is 32.2 Å². The van der Waals surface area contributed by atoms with Gasteiger partial charge in [0.2, 0.25) is 5.28 Å². The van der Waals surface area contributed by atoms with Crippen LogP contribution in [0.5, 0.6) is 0 Å². The van der Waals surface area contributed by atoms with E-state index >= 15 is 0 Å². The molecular formula is C12H11ClN6. The molecule has 0 aliphatic rings. The highest BCUT2D eigenvalue weighted by Gasteiger charge is 2.12. The fourth-order valence-electron chi connectivity index (χ4n) is 1.92. The van der Waals surface area contributed by atoms with Crippen molar-refractivity contribution in [2.24, 2.45) is 0 Å². The molecule has 0 atom stereocenters. The third-order valence-corrected chi connectivity index (χ3v) is 2.94. The molecule has 6 nitrogen and oxygen atoms in total. The van der Waals surface area contributed by atoms with E-state index in [1.165, 1.54) is 0 Å². The van der Waals surface area contributed by atoms with Gasteiger partial charge in [0.05, 0.1) is 11.6 Å². The van der Waals surface area contributed by atoms with Crippen molar-refractivity contribution in [2.75, 3.05) is 11.9 Å². The summed E-state index contributed by atoms with van der Waals surface area (Å²) in [4.78, 5) is 14.4. The lowest BCUT2D eigenvalue weighted by Gasteiger charge is -2.18. The summed E-state index contributed by atoms with van der Waals surface area (Å²) in [7, 11) is 1.94. The van der Waals surface area contributed by atoms with Crippen LogP contribution in [0, 0.1) is 0 Å². The molecule has 0 radical (unpaired) electrons. The Balaban J connectivity index is 1.97. The minimum Gasteiger partial charge on any atom is -0.355 e. The molecule has 0 spiro atoms. The van der Waals surface area contributed by atoms with E-state index in [4.69, 9.17) is 11.6 Å². The molecule has 1 N–H and O–H groups in total. The molecule has 0 aromatic carbocycles. The number of rotatable bonds is 3. The van der Waals surface area contributed by atoms with Gasteiger partial charge in [-0.05, 0) is 23.2 Å². The molecule has 0 saturated heterocycles. The molecule has 0 bridgehead atoms. The monoisotopic (exact) mass is 274 g/mol. The Bertz CT molecular complexity index is 696. The predicted molar refractivity (Wildman–Crippen MR) is 73.0 cm³/mol. The lowest BCUT2D eigenvalue weighted by molar-refractivity contribution is 0.894. The number of aromatic amines is 1. The van der Waals surface area contributed by atoms with E-state index in [1.807, 2.05) is 30.3 Å². The lowest BCUT2D eigenvalue weighted by atomic mass is 10.2. The third kappa shape index (κ3) is 2.34. The van der Waals surface area contributed by atoms with E-state index < -0.39 is 0 Å². The summed E-state index contributed by atoms with van der Waals surface area (Å²) in [5.41, 5.74) is 1.73. The fourth-order valence-corrected chi connectivity index (χ4v) is 2.09. The van der Waals surface area contributed by atoms with Gasteiger partial charge in [0.1, 0.15) is 5.82 Å². The number of pyridine rings is 1. The molecule has 0 saturated carbocycles. The van der Waals surface area contributed by atoms with Crippen molar-refractivity contribution < 1.29 is 0 Å². The molecule has 7 heteroatoms. The second kappa shape index (κ2) is 4.81. The molecule has 96 valence electrons. The summed E-state index contributed by atoms with van der Waals surface area (Å²) >= 11 is 5.92. The molecule has 0 amide bonds. The van der Waals surface area contributed by atoms with E-state index in [2.05, 4.69) is 25.1 Å². The van der Waals surface area contributed by atoms with Crippen molar-refractivity contribution >= 4 is 28.5 Å². The van der Waals surface area contributed by atoms with Gasteiger partial charge in [-0.1, -0.05) is 6.07 Å². The molecule has 0 aliphatic carbocycles. The number of halogens is 1. The maximum absolute atomic E-state index is 5.92. The van der Waals surface area contributed by atoms with Crippen molar-refractivity contribution in [3.8, 4) is 0 Å². The Kier molecular flexibility index (Phi) is 3.00. The van der Waals surface area contributed by atoms with E-state index in [0.29, 0.717) is 12.2 Å². The zero-order valence-electron chi connectivity index (χ0n) is 10.2. The van der Waals surface area contributed by atoms with Crippen LogP contribution in [0.4, 0.5) is 5.82 Å². The summed E-state index contributed by atoms with van der Waals surface area (Å²) < 4.78 is 0. The minimum atomic E-state index is 0.199. The van der Waals surface area contributed by atoms with Crippen molar-refractivity contribution in [3.63, 3.8) is 0 Å². The van der Waals surface area contributed by atoms with E-state index in [-0.39, 0.29) is 5.28 Å². The van der Waals surface area contributed by atoms with Gasteiger partial charge in [-0.25, -0.2) is 0 Å². The number of nitrogens with one attached hydrogen (secondary N) is 1. The quantitative estimate of drug-likeness (QED) is 0.740. The number of H-pyrrole nitrogens is 1. The second-order valence-electron chi connectivity index (χ2n) is 4.17. The van der Waals surface area contributed by atoms with Crippen LogP contribution < -0.4 is 4.90 Å². The van der Waals surface area contributed by atoms with Crippen molar-refractivity contribution in [1.82, 2.24) is 25.1 Å². The SMILES string of the molecule is CN(Cc1cccnc1)c1nc(Cl)nc2[nH]ncc12. The normalized spacial score (nSPS) is 10.8. The number of hydrogen-bond acceptors (Lipinski definition) is 5. The van der Waals surface area contributed by atoms with Crippen LogP contribution in [0.2, 0.25) is 5.28 Å². The van der Waals surface area contributed by atoms with E-state index in [0.717, 1.165) is 16.8 Å². The fraction of sp³-hybridized carbons (Fsp3) is 0.167. The maximum Gasteiger partial charge on any atom is 0.226 e. The zero-order chi connectivity index (χ0) is 13.2. The molecular weight excluding hydrogens is 264 g/mol. The molecule has 3 heterocycles. The van der Waals surface area contributed by atoms with Gasteiger partial charge < -0.3 is 4.90 Å². The minimum absolute atomic E-state index is 0.199. The maximum atomic E-state index is 5.92. The Morgan fingerprint density at radius 1 is 1.32 bits per heavy atom. The Hall–Kier alpha value is -2.21. The molecule has 3 aromatic rings. The van der Waals surface area contributed by atoms with Crippen LogP contribution >= 0.6 is 11.6 Å². The lowest BCUT2D eigenvalue weighted by Crippen LogP contribution is -2.18. The van der Waals surface area contributed by atoms with Gasteiger partial charge >= 0.3 is 0 Å². The Morgan fingerprint density at radius 3 is 3.00 bits per heavy atom. The largest absolute Gasteiger partial charge is 0.355 e. The number of nitrogens with zero attached hydrogens (tertiary/aromatic N) is 5. The van der Waals surface area contributed by atoms with Crippen LogP contribution in [-0.2, 0) is 6.54 Å². The summed E-state index contributed by atoms with van der Waals surface area (Å²) in [6.45, 7) is 0.682. The molecule has 19 heavy (non-hydrogen) atoms. The first kappa shape index (κ1) is 11.9. The molecule has 3 aromatic heterocycles. The third-order valence-electron chi connectivity index (χ3n) is 2.77. The average molecular weight is 275 g/mol. The van der Waals surface area contributed by atoms with Crippen LogP contribution in [0.1, 0.15) is 5.56 Å². The molecule has 0 aliphatic heterocycles. The zero-order valence-corrected chi connectivity index (χ0v) is 11.0. The topological polar surface area (TPSA) is 70.6 Å². The highest BCUT2D eigenvalue weighted by Crippen LogP contribution is 2.23. The molecule has 0 unspecified atom stereocenters. The number of aromatic nitrogens is 5. The first-order valence-electron chi connectivity index (χ1n) is 5.70. The van der Waals surface area contributed by atoms with Gasteiger partial charge in [0, 0.05) is 26.0 Å². The van der Waals surface area contributed by atoms with Gasteiger partial charge in [-0.2, -0.15) is 15.1 Å². The predicted octanol–water partition coefficient (Wildman–Crippen LogP) is 2.04. The summed E-state index contributed by atoms with van der Waals surface area (Å²) in [5.74, 6) is 0.743.